The van der Waals surface area contributed by atoms with E-state index in [4.69, 9.17) is 10.5 Å². The number of hydrogen-bond donors (Lipinski definition) is 2. The minimum atomic E-state index is -0.499. The van der Waals surface area contributed by atoms with Gasteiger partial charge >= 0.3 is 0 Å². The Kier molecular flexibility index (Phi) is 4.01. The highest BCUT2D eigenvalue weighted by molar-refractivity contribution is 6.02. The first kappa shape index (κ1) is 13.4. The fourth-order valence-corrected chi connectivity index (χ4v) is 2.16. The molecule has 102 valence electrons. The van der Waals surface area contributed by atoms with E-state index >= 15 is 0 Å². The fraction of sp³-hybridized carbons (Fsp3) is 0.385. The average Bonchev–Trinajstić information content (AvgIpc) is 2.80. The molecular weight excluding hydrogens is 246 g/mol. The van der Waals surface area contributed by atoms with E-state index in [9.17, 15) is 9.59 Å². The molecule has 1 aliphatic heterocycles. The zero-order valence-corrected chi connectivity index (χ0v) is 10.8. The van der Waals surface area contributed by atoms with Crippen LogP contribution in [0.5, 0.6) is 5.75 Å². The average molecular weight is 263 g/mol. The summed E-state index contributed by atoms with van der Waals surface area (Å²) >= 11 is 0. The van der Waals surface area contributed by atoms with E-state index < -0.39 is 6.04 Å². The predicted octanol–water partition coefficient (Wildman–Crippen LogP) is -0.125. The predicted molar refractivity (Wildman–Crippen MR) is 70.9 cm³/mol. The summed E-state index contributed by atoms with van der Waals surface area (Å²) in [6.07, 6.45) is 0.572. The van der Waals surface area contributed by atoms with E-state index in [1.807, 2.05) is 18.2 Å². The van der Waals surface area contributed by atoms with Gasteiger partial charge in [-0.3, -0.25) is 9.59 Å². The lowest BCUT2D eigenvalue weighted by molar-refractivity contribution is -0.125. The fourth-order valence-electron chi connectivity index (χ4n) is 2.16. The van der Waals surface area contributed by atoms with Gasteiger partial charge in [-0.25, -0.2) is 0 Å². The normalized spacial score (nSPS) is 18.5. The first-order chi connectivity index (χ1) is 9.17. The maximum absolute atomic E-state index is 12.2. The number of methoxy groups -OCH3 is 1. The summed E-state index contributed by atoms with van der Waals surface area (Å²) in [6.45, 7) is 0.438. The Morgan fingerprint density at radius 2 is 2.26 bits per heavy atom. The van der Waals surface area contributed by atoms with Gasteiger partial charge < -0.3 is 20.7 Å². The van der Waals surface area contributed by atoms with Gasteiger partial charge in [-0.05, 0) is 18.6 Å². The lowest BCUT2D eigenvalue weighted by Gasteiger charge is -2.19. The molecule has 0 radical (unpaired) electrons. The van der Waals surface area contributed by atoms with Crippen molar-refractivity contribution in [3.8, 4) is 5.75 Å². The Balaban J connectivity index is 2.15. The summed E-state index contributed by atoms with van der Waals surface area (Å²) in [5, 5.41) is 2.62. The van der Waals surface area contributed by atoms with Gasteiger partial charge in [0, 0.05) is 6.54 Å². The lowest BCUT2D eigenvalue weighted by Crippen LogP contribution is -2.43. The first-order valence-electron chi connectivity index (χ1n) is 6.11. The van der Waals surface area contributed by atoms with Gasteiger partial charge in [0.15, 0.2) is 0 Å². The van der Waals surface area contributed by atoms with Crippen molar-refractivity contribution in [3.05, 3.63) is 24.3 Å². The summed E-state index contributed by atoms with van der Waals surface area (Å²) in [7, 11) is 1.56. The van der Waals surface area contributed by atoms with Gasteiger partial charge in [0.05, 0.1) is 19.3 Å². The third-order valence-corrected chi connectivity index (χ3v) is 3.10. The summed E-state index contributed by atoms with van der Waals surface area (Å²) < 4.78 is 5.24. The van der Waals surface area contributed by atoms with Gasteiger partial charge in [0.1, 0.15) is 11.8 Å². The van der Waals surface area contributed by atoms with E-state index in [1.54, 1.807) is 18.1 Å². The maximum Gasteiger partial charge on any atom is 0.249 e. The molecular formula is C13H17N3O3. The number of anilines is 1. The third kappa shape index (κ3) is 2.68. The van der Waals surface area contributed by atoms with E-state index in [0.29, 0.717) is 18.7 Å². The molecule has 1 fully saturated rings. The van der Waals surface area contributed by atoms with Crippen molar-refractivity contribution in [2.24, 2.45) is 5.73 Å². The lowest BCUT2D eigenvalue weighted by atomic mass is 10.2. The van der Waals surface area contributed by atoms with Crippen molar-refractivity contribution in [2.75, 3.05) is 25.1 Å². The number of amides is 2. The third-order valence-electron chi connectivity index (χ3n) is 3.10. The van der Waals surface area contributed by atoms with Crippen molar-refractivity contribution in [1.29, 1.82) is 0 Å². The molecule has 19 heavy (non-hydrogen) atoms. The molecule has 0 bridgehead atoms. The van der Waals surface area contributed by atoms with E-state index in [-0.39, 0.29) is 18.4 Å². The number of rotatable bonds is 4. The van der Waals surface area contributed by atoms with Crippen LogP contribution in [0.2, 0.25) is 0 Å². The van der Waals surface area contributed by atoms with Crippen LogP contribution in [-0.4, -0.2) is 38.1 Å². The molecule has 2 rings (SSSR count). The van der Waals surface area contributed by atoms with Crippen LogP contribution in [0, 0.1) is 0 Å². The molecule has 2 amide bonds. The first-order valence-corrected chi connectivity index (χ1v) is 6.11. The monoisotopic (exact) mass is 263 g/mol. The molecule has 6 heteroatoms. The van der Waals surface area contributed by atoms with Crippen molar-refractivity contribution < 1.29 is 14.3 Å². The number of ether oxygens (including phenoxy) is 1. The summed E-state index contributed by atoms with van der Waals surface area (Å²) in [4.78, 5) is 25.1. The number of para-hydroxylation sites is 2. The Hall–Kier alpha value is -2.08. The zero-order chi connectivity index (χ0) is 13.8. The van der Waals surface area contributed by atoms with E-state index in [1.165, 1.54) is 0 Å². The number of benzene rings is 1. The van der Waals surface area contributed by atoms with Crippen LogP contribution in [0.25, 0.3) is 0 Å². The van der Waals surface area contributed by atoms with Crippen molar-refractivity contribution in [2.45, 2.75) is 12.5 Å². The number of carbonyl (C=O) groups is 2. The van der Waals surface area contributed by atoms with Gasteiger partial charge in [0.25, 0.3) is 0 Å². The minimum Gasteiger partial charge on any atom is -0.495 e. The highest BCUT2D eigenvalue weighted by Crippen LogP contribution is 2.30. The Morgan fingerprint density at radius 1 is 1.53 bits per heavy atom. The summed E-state index contributed by atoms with van der Waals surface area (Å²) in [5.41, 5.74) is 5.95. The molecule has 1 heterocycles. The topological polar surface area (TPSA) is 84.7 Å². The molecule has 1 aromatic carbocycles. The zero-order valence-electron chi connectivity index (χ0n) is 10.8. The van der Waals surface area contributed by atoms with Crippen LogP contribution in [0.15, 0.2) is 24.3 Å². The van der Waals surface area contributed by atoms with Crippen LogP contribution in [0.1, 0.15) is 6.42 Å². The van der Waals surface area contributed by atoms with Crippen molar-refractivity contribution in [1.82, 2.24) is 5.32 Å². The number of nitrogens with zero attached hydrogens (tertiary/aromatic N) is 1. The molecule has 0 aliphatic carbocycles. The van der Waals surface area contributed by atoms with Crippen molar-refractivity contribution >= 4 is 17.5 Å². The molecule has 1 aromatic rings. The minimum absolute atomic E-state index is 0.113. The van der Waals surface area contributed by atoms with Crippen molar-refractivity contribution in [3.63, 3.8) is 0 Å². The van der Waals surface area contributed by atoms with Gasteiger partial charge in [0.2, 0.25) is 11.8 Å². The van der Waals surface area contributed by atoms with Crippen LogP contribution >= 0.6 is 0 Å². The second-order valence-electron chi connectivity index (χ2n) is 4.27. The summed E-state index contributed by atoms with van der Waals surface area (Å²) in [6, 6.07) is 6.81. The van der Waals surface area contributed by atoms with E-state index in [2.05, 4.69) is 5.32 Å². The number of nitrogens with one attached hydrogen (secondary N) is 1. The highest BCUT2D eigenvalue weighted by Gasteiger charge is 2.34. The quantitative estimate of drug-likeness (QED) is 0.793. The summed E-state index contributed by atoms with van der Waals surface area (Å²) in [5.74, 6) is 0.188. The molecule has 1 unspecified atom stereocenters. The number of carbonyl (C=O) groups excluding carboxylic acids is 2. The van der Waals surface area contributed by atoms with Crippen LogP contribution in [-0.2, 0) is 9.59 Å². The number of hydrogen-bond acceptors (Lipinski definition) is 4. The molecule has 6 nitrogen and oxygen atoms in total. The van der Waals surface area contributed by atoms with E-state index in [0.717, 1.165) is 5.69 Å². The second-order valence-corrected chi connectivity index (χ2v) is 4.27. The smallest absolute Gasteiger partial charge is 0.249 e. The van der Waals surface area contributed by atoms with Gasteiger partial charge in [-0.15, -0.1) is 0 Å². The van der Waals surface area contributed by atoms with Gasteiger partial charge in [-0.2, -0.15) is 0 Å². The van der Waals surface area contributed by atoms with Crippen LogP contribution in [0.3, 0.4) is 0 Å². The van der Waals surface area contributed by atoms with Gasteiger partial charge in [-0.1, -0.05) is 12.1 Å². The molecule has 0 aromatic heterocycles. The van der Waals surface area contributed by atoms with Crippen LogP contribution in [0.4, 0.5) is 5.69 Å². The standard InChI is InChI=1S/C13H17N3O3/c1-19-11-5-3-2-4-10(11)16-7-6-9(13(16)18)15-12(17)8-14/h2-5,9H,6-8,14H2,1H3,(H,15,17). The molecule has 1 aliphatic rings. The van der Waals surface area contributed by atoms with Crippen LogP contribution < -0.4 is 20.7 Å². The molecule has 1 atom stereocenters. The molecule has 1 saturated heterocycles. The maximum atomic E-state index is 12.2. The SMILES string of the molecule is COc1ccccc1N1CCC(NC(=O)CN)C1=O. The highest BCUT2D eigenvalue weighted by atomic mass is 16.5. The molecule has 0 spiro atoms. The molecule has 3 N–H and O–H groups in total. The second kappa shape index (κ2) is 5.71. The number of nitrogens with two attached hydrogens (primary N) is 1. The largest absolute Gasteiger partial charge is 0.495 e. The Bertz CT molecular complexity index is 490. The Morgan fingerprint density at radius 3 is 2.95 bits per heavy atom. The Labute approximate surface area is 111 Å². The molecule has 0 saturated carbocycles.